The van der Waals surface area contributed by atoms with Crippen molar-refractivity contribution in [3.05, 3.63) is 28.9 Å². The number of aromatic nitrogens is 4. The lowest BCUT2D eigenvalue weighted by Gasteiger charge is -2.08. The van der Waals surface area contributed by atoms with E-state index < -0.39 is 0 Å². The first kappa shape index (κ1) is 11.7. The van der Waals surface area contributed by atoms with Gasteiger partial charge < -0.3 is 11.1 Å². The number of anilines is 2. The van der Waals surface area contributed by atoms with Crippen molar-refractivity contribution in [1.82, 2.24) is 19.7 Å². The van der Waals surface area contributed by atoms with E-state index in [1.54, 1.807) is 17.8 Å². The molecule has 0 aromatic carbocycles. The number of nitrogens with zero attached hydrogens (tertiary/aromatic N) is 4. The van der Waals surface area contributed by atoms with E-state index in [1.165, 1.54) is 0 Å². The van der Waals surface area contributed by atoms with Crippen molar-refractivity contribution >= 4 is 23.1 Å². The number of rotatable bonds is 3. The highest BCUT2D eigenvalue weighted by molar-refractivity contribution is 6.30. The lowest BCUT2D eigenvalue weighted by atomic mass is 10.3. The minimum Gasteiger partial charge on any atom is -0.383 e. The summed E-state index contributed by atoms with van der Waals surface area (Å²) < 4.78 is 1.71. The normalized spacial score (nSPS) is 10.5. The molecule has 6 nitrogen and oxygen atoms in total. The van der Waals surface area contributed by atoms with Crippen LogP contribution < -0.4 is 11.1 Å². The summed E-state index contributed by atoms with van der Waals surface area (Å²) in [6.45, 7) is 2.22. The Bertz CT molecular complexity index is 512. The SMILES string of the molecule is Cc1nc(N)c(CNc2cnn(C)c2)c(Cl)n1. The zero-order chi connectivity index (χ0) is 12.4. The molecule has 0 fully saturated rings. The molecule has 0 saturated carbocycles. The molecule has 7 heteroatoms. The Morgan fingerprint density at radius 1 is 1.47 bits per heavy atom. The van der Waals surface area contributed by atoms with E-state index in [4.69, 9.17) is 17.3 Å². The van der Waals surface area contributed by atoms with Gasteiger partial charge >= 0.3 is 0 Å². The molecular weight excluding hydrogens is 240 g/mol. The van der Waals surface area contributed by atoms with Gasteiger partial charge in [0.15, 0.2) is 0 Å². The second-order valence-corrected chi connectivity index (χ2v) is 4.04. The Hall–Kier alpha value is -1.82. The summed E-state index contributed by atoms with van der Waals surface area (Å²) >= 11 is 6.01. The number of nitrogen functional groups attached to an aromatic ring is 1. The lowest BCUT2D eigenvalue weighted by Crippen LogP contribution is -2.07. The van der Waals surface area contributed by atoms with Crippen molar-refractivity contribution in [3.63, 3.8) is 0 Å². The zero-order valence-corrected chi connectivity index (χ0v) is 10.4. The van der Waals surface area contributed by atoms with Crippen molar-refractivity contribution in [1.29, 1.82) is 0 Å². The van der Waals surface area contributed by atoms with Crippen molar-refractivity contribution in [2.45, 2.75) is 13.5 Å². The van der Waals surface area contributed by atoms with Crippen molar-refractivity contribution < 1.29 is 0 Å². The topological polar surface area (TPSA) is 81.6 Å². The Balaban J connectivity index is 2.14. The molecule has 90 valence electrons. The molecule has 2 aromatic rings. The Labute approximate surface area is 104 Å². The summed E-state index contributed by atoms with van der Waals surface area (Å²) in [5.74, 6) is 0.969. The van der Waals surface area contributed by atoms with Crippen LogP contribution in [0.5, 0.6) is 0 Å². The van der Waals surface area contributed by atoms with Gasteiger partial charge in [0.05, 0.1) is 17.4 Å². The average Bonchev–Trinajstić information content (AvgIpc) is 2.62. The molecule has 2 heterocycles. The van der Waals surface area contributed by atoms with Gasteiger partial charge in [0.2, 0.25) is 0 Å². The largest absolute Gasteiger partial charge is 0.383 e. The second-order valence-electron chi connectivity index (χ2n) is 3.68. The van der Waals surface area contributed by atoms with Crippen molar-refractivity contribution in [3.8, 4) is 0 Å². The number of hydrogen-bond donors (Lipinski definition) is 2. The first-order chi connectivity index (χ1) is 8.06. The minimum atomic E-state index is 0.381. The van der Waals surface area contributed by atoms with Crippen LogP contribution >= 0.6 is 11.6 Å². The third-order valence-corrected chi connectivity index (χ3v) is 2.59. The van der Waals surface area contributed by atoms with E-state index in [0.29, 0.717) is 28.9 Å². The monoisotopic (exact) mass is 252 g/mol. The Morgan fingerprint density at radius 2 is 2.24 bits per heavy atom. The van der Waals surface area contributed by atoms with Crippen molar-refractivity contribution in [2.24, 2.45) is 7.05 Å². The number of hydrogen-bond acceptors (Lipinski definition) is 5. The molecule has 0 aliphatic rings. The maximum Gasteiger partial charge on any atom is 0.139 e. The van der Waals surface area contributed by atoms with Gasteiger partial charge in [-0.05, 0) is 6.92 Å². The highest BCUT2D eigenvalue weighted by atomic mass is 35.5. The van der Waals surface area contributed by atoms with Crippen LogP contribution in [0.15, 0.2) is 12.4 Å². The van der Waals surface area contributed by atoms with Gasteiger partial charge in [-0.3, -0.25) is 4.68 Å². The smallest absolute Gasteiger partial charge is 0.139 e. The second kappa shape index (κ2) is 4.58. The third kappa shape index (κ3) is 2.65. The van der Waals surface area contributed by atoms with Crippen LogP contribution in [-0.4, -0.2) is 19.7 Å². The van der Waals surface area contributed by atoms with Crippen LogP contribution in [0.3, 0.4) is 0 Å². The molecular formula is C10H13ClN6. The van der Waals surface area contributed by atoms with E-state index in [0.717, 1.165) is 5.69 Å². The minimum absolute atomic E-state index is 0.381. The molecule has 0 aliphatic heterocycles. The number of halogens is 1. The number of aryl methyl sites for hydroxylation is 2. The quantitative estimate of drug-likeness (QED) is 0.807. The molecule has 0 bridgehead atoms. The molecule has 0 atom stereocenters. The predicted octanol–water partition coefficient (Wildman–Crippen LogP) is 1.37. The summed E-state index contributed by atoms with van der Waals surface area (Å²) in [6.07, 6.45) is 3.58. The summed E-state index contributed by atoms with van der Waals surface area (Å²) in [6, 6.07) is 0. The summed E-state index contributed by atoms with van der Waals surface area (Å²) in [5, 5.41) is 7.58. The molecule has 3 N–H and O–H groups in total. The van der Waals surface area contributed by atoms with Crippen LogP contribution in [0, 0.1) is 6.92 Å². The van der Waals surface area contributed by atoms with E-state index >= 15 is 0 Å². The molecule has 2 rings (SSSR count). The summed E-state index contributed by atoms with van der Waals surface area (Å²) in [7, 11) is 1.85. The van der Waals surface area contributed by atoms with Crippen LogP contribution in [-0.2, 0) is 13.6 Å². The molecule has 0 saturated heterocycles. The van der Waals surface area contributed by atoms with E-state index in [1.807, 2.05) is 13.2 Å². The van der Waals surface area contributed by atoms with Crippen molar-refractivity contribution in [2.75, 3.05) is 11.1 Å². The Kier molecular flexibility index (Phi) is 3.14. The zero-order valence-electron chi connectivity index (χ0n) is 9.61. The maximum absolute atomic E-state index is 6.01. The molecule has 17 heavy (non-hydrogen) atoms. The lowest BCUT2D eigenvalue weighted by molar-refractivity contribution is 0.768. The highest BCUT2D eigenvalue weighted by Crippen LogP contribution is 2.19. The summed E-state index contributed by atoms with van der Waals surface area (Å²) in [4.78, 5) is 8.14. The van der Waals surface area contributed by atoms with E-state index in [2.05, 4.69) is 20.4 Å². The number of nitrogens with two attached hydrogens (primary N) is 1. The van der Waals surface area contributed by atoms with Gasteiger partial charge in [-0.1, -0.05) is 11.6 Å². The van der Waals surface area contributed by atoms with E-state index in [-0.39, 0.29) is 0 Å². The van der Waals surface area contributed by atoms with Crippen LogP contribution in [0.1, 0.15) is 11.4 Å². The van der Waals surface area contributed by atoms with Gasteiger partial charge in [0, 0.05) is 19.8 Å². The molecule has 0 amide bonds. The van der Waals surface area contributed by atoms with Gasteiger partial charge in [0.1, 0.15) is 16.8 Å². The van der Waals surface area contributed by atoms with Gasteiger partial charge in [-0.15, -0.1) is 0 Å². The number of nitrogens with one attached hydrogen (secondary N) is 1. The predicted molar refractivity (Wildman–Crippen MR) is 66.7 cm³/mol. The van der Waals surface area contributed by atoms with Crippen LogP contribution in [0.2, 0.25) is 5.15 Å². The fourth-order valence-corrected chi connectivity index (χ4v) is 1.73. The third-order valence-electron chi connectivity index (χ3n) is 2.27. The molecule has 2 aromatic heterocycles. The van der Waals surface area contributed by atoms with Gasteiger partial charge in [-0.25, -0.2) is 9.97 Å². The van der Waals surface area contributed by atoms with Crippen LogP contribution in [0.4, 0.5) is 11.5 Å². The first-order valence-corrected chi connectivity index (χ1v) is 5.45. The fraction of sp³-hybridized carbons (Fsp3) is 0.300. The fourth-order valence-electron chi connectivity index (χ4n) is 1.45. The Morgan fingerprint density at radius 3 is 2.82 bits per heavy atom. The van der Waals surface area contributed by atoms with E-state index in [9.17, 15) is 0 Å². The summed E-state index contributed by atoms with van der Waals surface area (Å²) in [5.41, 5.74) is 7.38. The first-order valence-electron chi connectivity index (χ1n) is 5.07. The molecule has 0 radical (unpaired) electrons. The molecule has 0 unspecified atom stereocenters. The van der Waals surface area contributed by atoms with Crippen LogP contribution in [0.25, 0.3) is 0 Å². The van der Waals surface area contributed by atoms with Gasteiger partial charge in [0.25, 0.3) is 0 Å². The highest BCUT2D eigenvalue weighted by Gasteiger charge is 2.09. The average molecular weight is 253 g/mol. The molecule has 0 aliphatic carbocycles. The standard InChI is InChI=1S/C10H13ClN6/c1-6-15-9(11)8(10(12)16-6)4-13-7-3-14-17(2)5-7/h3,5,13H,4H2,1-2H3,(H2,12,15,16). The molecule has 0 spiro atoms. The maximum atomic E-state index is 6.01. The van der Waals surface area contributed by atoms with Gasteiger partial charge in [-0.2, -0.15) is 5.10 Å².